The Morgan fingerprint density at radius 1 is 1.05 bits per heavy atom. The summed E-state index contributed by atoms with van der Waals surface area (Å²) in [6, 6.07) is 15.5. The lowest BCUT2D eigenvalue weighted by atomic mass is 10.1. The molecule has 22 heavy (non-hydrogen) atoms. The molecular weight excluding hydrogens is 276 g/mol. The molecule has 3 rings (SSSR count). The van der Waals surface area contributed by atoms with Gasteiger partial charge in [0.2, 0.25) is 0 Å². The van der Waals surface area contributed by atoms with Crippen LogP contribution in [0.4, 0.5) is 5.69 Å². The summed E-state index contributed by atoms with van der Waals surface area (Å²) in [4.78, 5) is 17.4. The van der Waals surface area contributed by atoms with Crippen molar-refractivity contribution < 1.29 is 4.74 Å². The first-order chi connectivity index (χ1) is 10.6. The van der Waals surface area contributed by atoms with Gasteiger partial charge in [-0.3, -0.25) is 4.79 Å². The number of para-hydroxylation sites is 1. The Bertz CT molecular complexity index is 882. The maximum Gasteiger partial charge on any atom is 0.256 e. The van der Waals surface area contributed by atoms with Crippen molar-refractivity contribution in [2.75, 3.05) is 26.1 Å². The van der Waals surface area contributed by atoms with Crippen LogP contribution in [0.25, 0.3) is 22.0 Å². The maximum absolute atomic E-state index is 12.4. The van der Waals surface area contributed by atoms with Gasteiger partial charge in [-0.05, 0) is 35.7 Å². The van der Waals surface area contributed by atoms with Crippen LogP contribution < -0.4 is 15.2 Å². The number of pyridine rings is 1. The third kappa shape index (κ3) is 2.44. The summed E-state index contributed by atoms with van der Waals surface area (Å²) in [5.74, 6) is 0.738. The van der Waals surface area contributed by atoms with E-state index in [1.54, 1.807) is 7.11 Å². The highest BCUT2D eigenvalue weighted by molar-refractivity contribution is 5.88. The van der Waals surface area contributed by atoms with Gasteiger partial charge in [0, 0.05) is 30.7 Å². The van der Waals surface area contributed by atoms with Crippen molar-refractivity contribution in [3.05, 3.63) is 58.9 Å². The maximum atomic E-state index is 12.4. The lowest BCUT2D eigenvalue weighted by Gasteiger charge is -2.13. The molecule has 112 valence electrons. The molecule has 0 atom stereocenters. The molecule has 0 bridgehead atoms. The number of hydrogen-bond acceptors (Lipinski definition) is 3. The SMILES string of the molecule is COc1ccccc1-c1cc2ccc(N(C)C)cc2c(=O)[nH]1. The lowest BCUT2D eigenvalue weighted by Crippen LogP contribution is -2.11. The molecule has 0 radical (unpaired) electrons. The number of hydrogen-bond donors (Lipinski definition) is 1. The lowest BCUT2D eigenvalue weighted by molar-refractivity contribution is 0.416. The topological polar surface area (TPSA) is 45.3 Å². The Morgan fingerprint density at radius 3 is 2.55 bits per heavy atom. The molecule has 3 aromatic rings. The van der Waals surface area contributed by atoms with Crippen LogP contribution in [0.1, 0.15) is 0 Å². The monoisotopic (exact) mass is 294 g/mol. The van der Waals surface area contributed by atoms with E-state index in [4.69, 9.17) is 4.74 Å². The van der Waals surface area contributed by atoms with Gasteiger partial charge in [-0.25, -0.2) is 0 Å². The number of rotatable bonds is 3. The number of methoxy groups -OCH3 is 1. The summed E-state index contributed by atoms with van der Waals surface area (Å²) in [7, 11) is 5.54. The second-order valence-electron chi connectivity index (χ2n) is 5.38. The standard InChI is InChI=1S/C18H18N2O2/c1-20(2)13-9-8-12-10-16(19-18(21)15(12)11-13)14-6-4-5-7-17(14)22-3/h4-11H,1-3H3,(H,19,21). The van der Waals surface area contributed by atoms with E-state index in [2.05, 4.69) is 4.98 Å². The molecule has 0 aliphatic carbocycles. The fourth-order valence-electron chi connectivity index (χ4n) is 2.54. The van der Waals surface area contributed by atoms with Gasteiger partial charge in [0.25, 0.3) is 5.56 Å². The molecule has 4 heteroatoms. The van der Waals surface area contributed by atoms with E-state index in [-0.39, 0.29) is 5.56 Å². The molecular formula is C18H18N2O2. The molecule has 0 unspecified atom stereocenters. The third-order valence-electron chi connectivity index (χ3n) is 3.74. The summed E-state index contributed by atoms with van der Waals surface area (Å²) >= 11 is 0. The number of nitrogens with zero attached hydrogens (tertiary/aromatic N) is 1. The van der Waals surface area contributed by atoms with Gasteiger partial charge in [-0.15, -0.1) is 0 Å². The Kier molecular flexibility index (Phi) is 3.59. The molecule has 0 saturated carbocycles. The van der Waals surface area contributed by atoms with Gasteiger partial charge in [0.15, 0.2) is 0 Å². The molecule has 1 aromatic heterocycles. The third-order valence-corrected chi connectivity index (χ3v) is 3.74. The normalized spacial score (nSPS) is 10.7. The van der Waals surface area contributed by atoms with Gasteiger partial charge in [-0.1, -0.05) is 18.2 Å². The largest absolute Gasteiger partial charge is 0.496 e. The van der Waals surface area contributed by atoms with Gasteiger partial charge in [0.1, 0.15) is 5.75 Å². The number of aromatic amines is 1. The Hall–Kier alpha value is -2.75. The minimum Gasteiger partial charge on any atom is -0.496 e. The van der Waals surface area contributed by atoms with Crippen LogP contribution in [0.5, 0.6) is 5.75 Å². The van der Waals surface area contributed by atoms with E-state index in [1.807, 2.05) is 67.5 Å². The number of aromatic nitrogens is 1. The van der Waals surface area contributed by atoms with Crippen LogP contribution in [0.15, 0.2) is 53.3 Å². The van der Waals surface area contributed by atoms with Crippen molar-refractivity contribution in [2.45, 2.75) is 0 Å². The predicted octanol–water partition coefficient (Wildman–Crippen LogP) is 3.27. The summed E-state index contributed by atoms with van der Waals surface area (Å²) in [5, 5.41) is 1.60. The van der Waals surface area contributed by atoms with E-state index >= 15 is 0 Å². The minimum atomic E-state index is -0.0953. The van der Waals surface area contributed by atoms with Crippen molar-refractivity contribution in [2.24, 2.45) is 0 Å². The first-order valence-corrected chi connectivity index (χ1v) is 7.08. The van der Waals surface area contributed by atoms with Crippen molar-refractivity contribution in [1.29, 1.82) is 0 Å². The Balaban J connectivity index is 2.22. The van der Waals surface area contributed by atoms with E-state index in [0.29, 0.717) is 5.39 Å². The zero-order chi connectivity index (χ0) is 15.7. The molecule has 0 aliphatic rings. The average molecular weight is 294 g/mol. The highest BCUT2D eigenvalue weighted by Crippen LogP contribution is 2.29. The second kappa shape index (κ2) is 5.56. The van der Waals surface area contributed by atoms with Crippen molar-refractivity contribution >= 4 is 16.5 Å². The fraction of sp³-hybridized carbons (Fsp3) is 0.167. The molecule has 1 heterocycles. The first kappa shape index (κ1) is 14.2. The van der Waals surface area contributed by atoms with E-state index in [9.17, 15) is 4.79 Å². The number of ether oxygens (including phenoxy) is 1. The highest BCUT2D eigenvalue weighted by Gasteiger charge is 2.09. The zero-order valence-electron chi connectivity index (χ0n) is 12.9. The quantitative estimate of drug-likeness (QED) is 0.806. The fourth-order valence-corrected chi connectivity index (χ4v) is 2.54. The minimum absolute atomic E-state index is 0.0953. The van der Waals surface area contributed by atoms with Gasteiger partial charge < -0.3 is 14.6 Å². The van der Waals surface area contributed by atoms with Crippen molar-refractivity contribution in [1.82, 2.24) is 4.98 Å². The number of H-pyrrole nitrogens is 1. The van der Waals surface area contributed by atoms with E-state index < -0.39 is 0 Å². The second-order valence-corrected chi connectivity index (χ2v) is 5.38. The number of benzene rings is 2. The van der Waals surface area contributed by atoms with Crippen LogP contribution in [-0.4, -0.2) is 26.2 Å². The average Bonchev–Trinajstić information content (AvgIpc) is 2.54. The van der Waals surface area contributed by atoms with Gasteiger partial charge >= 0.3 is 0 Å². The number of fused-ring (bicyclic) bond motifs is 1. The summed E-state index contributed by atoms with van der Waals surface area (Å²) in [6.45, 7) is 0. The van der Waals surface area contributed by atoms with Crippen LogP contribution in [-0.2, 0) is 0 Å². The number of anilines is 1. The molecule has 0 spiro atoms. The summed E-state index contributed by atoms with van der Waals surface area (Å²) in [6.07, 6.45) is 0. The predicted molar refractivity (Wildman–Crippen MR) is 90.9 cm³/mol. The van der Waals surface area contributed by atoms with E-state index in [1.165, 1.54) is 0 Å². The summed E-state index contributed by atoms with van der Waals surface area (Å²) in [5.41, 5.74) is 2.54. The van der Waals surface area contributed by atoms with Crippen molar-refractivity contribution in [3.63, 3.8) is 0 Å². The van der Waals surface area contributed by atoms with Gasteiger partial charge in [0.05, 0.1) is 12.8 Å². The number of nitrogens with one attached hydrogen (secondary N) is 1. The first-order valence-electron chi connectivity index (χ1n) is 7.08. The van der Waals surface area contributed by atoms with Gasteiger partial charge in [-0.2, -0.15) is 0 Å². The van der Waals surface area contributed by atoms with Crippen LogP contribution in [0.2, 0.25) is 0 Å². The van der Waals surface area contributed by atoms with Crippen LogP contribution in [0, 0.1) is 0 Å². The van der Waals surface area contributed by atoms with Crippen LogP contribution in [0.3, 0.4) is 0 Å². The summed E-state index contributed by atoms with van der Waals surface area (Å²) < 4.78 is 5.37. The van der Waals surface area contributed by atoms with E-state index in [0.717, 1.165) is 28.1 Å². The zero-order valence-corrected chi connectivity index (χ0v) is 12.9. The molecule has 0 amide bonds. The van der Waals surface area contributed by atoms with Crippen LogP contribution >= 0.6 is 0 Å². The molecule has 1 N–H and O–H groups in total. The molecule has 2 aromatic carbocycles. The smallest absolute Gasteiger partial charge is 0.256 e. The Labute approximate surface area is 129 Å². The molecule has 0 fully saturated rings. The van der Waals surface area contributed by atoms with Crippen molar-refractivity contribution in [3.8, 4) is 17.0 Å². The highest BCUT2D eigenvalue weighted by atomic mass is 16.5. The Morgan fingerprint density at radius 2 is 1.82 bits per heavy atom. The molecule has 0 saturated heterocycles. The molecule has 4 nitrogen and oxygen atoms in total. The molecule has 0 aliphatic heterocycles.